The standard InChI is InChI=1S/C33H44O/c1-6-7-8-9-10-19-26-33(29-24-17-18-25-30(29)34,31(2,3)27-20-13-11-14-21-27)32(4,5)28-22-15-12-16-23-28/h11-18,20-25,34H,6-10,19,26H2,1-5H3. The highest BCUT2D eigenvalue weighted by atomic mass is 16.3. The lowest BCUT2D eigenvalue weighted by Crippen LogP contribution is -2.57. The second-order valence-corrected chi connectivity index (χ2v) is 10.9. The van der Waals surface area contributed by atoms with E-state index in [-0.39, 0.29) is 16.2 Å². The van der Waals surface area contributed by atoms with Crippen LogP contribution in [0.1, 0.15) is 96.3 Å². The number of hydrogen-bond acceptors (Lipinski definition) is 1. The number of hydrogen-bond donors (Lipinski definition) is 1. The lowest BCUT2D eigenvalue weighted by Gasteiger charge is -2.57. The number of benzene rings is 3. The molecule has 0 fully saturated rings. The SMILES string of the molecule is CCCCCCCCC(c1ccccc1O)(C(C)(C)c1ccccc1)C(C)(C)c1ccccc1. The van der Waals surface area contributed by atoms with E-state index < -0.39 is 0 Å². The van der Waals surface area contributed by atoms with Crippen LogP contribution >= 0.6 is 0 Å². The van der Waals surface area contributed by atoms with Crippen molar-refractivity contribution < 1.29 is 5.11 Å². The van der Waals surface area contributed by atoms with Crippen LogP contribution in [0.5, 0.6) is 5.75 Å². The molecule has 0 bridgehead atoms. The molecule has 0 saturated heterocycles. The highest BCUT2D eigenvalue weighted by Gasteiger charge is 2.57. The first-order valence-electron chi connectivity index (χ1n) is 13.2. The van der Waals surface area contributed by atoms with Crippen LogP contribution in [0, 0.1) is 0 Å². The van der Waals surface area contributed by atoms with Gasteiger partial charge in [-0.15, -0.1) is 0 Å². The third kappa shape index (κ3) is 4.95. The summed E-state index contributed by atoms with van der Waals surface area (Å²) in [6.45, 7) is 11.8. The zero-order chi connectivity index (χ0) is 24.7. The zero-order valence-corrected chi connectivity index (χ0v) is 22.0. The van der Waals surface area contributed by atoms with Gasteiger partial charge in [0.15, 0.2) is 0 Å². The van der Waals surface area contributed by atoms with E-state index >= 15 is 0 Å². The van der Waals surface area contributed by atoms with Crippen molar-refractivity contribution in [2.24, 2.45) is 0 Å². The average Bonchev–Trinajstić information content (AvgIpc) is 2.85. The molecule has 0 spiro atoms. The topological polar surface area (TPSA) is 20.2 Å². The van der Waals surface area contributed by atoms with E-state index in [2.05, 4.69) is 107 Å². The number of phenols is 1. The molecule has 3 aromatic rings. The van der Waals surface area contributed by atoms with Gasteiger partial charge in [-0.1, -0.05) is 152 Å². The van der Waals surface area contributed by atoms with Crippen molar-refractivity contribution in [3.8, 4) is 5.75 Å². The van der Waals surface area contributed by atoms with Crippen LogP contribution in [0.4, 0.5) is 0 Å². The Morgan fingerprint density at radius 1 is 0.559 bits per heavy atom. The number of unbranched alkanes of at least 4 members (excludes halogenated alkanes) is 5. The summed E-state index contributed by atoms with van der Waals surface area (Å²) < 4.78 is 0. The third-order valence-corrected chi connectivity index (χ3v) is 8.39. The maximum Gasteiger partial charge on any atom is 0.119 e. The van der Waals surface area contributed by atoms with Crippen molar-refractivity contribution in [3.05, 3.63) is 102 Å². The van der Waals surface area contributed by atoms with Crippen LogP contribution in [0.15, 0.2) is 84.9 Å². The van der Waals surface area contributed by atoms with E-state index in [0.29, 0.717) is 5.75 Å². The summed E-state index contributed by atoms with van der Waals surface area (Å²) in [5.41, 5.74) is 2.91. The normalized spacial score (nSPS) is 12.6. The molecular formula is C33H44O. The summed E-state index contributed by atoms with van der Waals surface area (Å²) in [7, 11) is 0. The van der Waals surface area contributed by atoms with Gasteiger partial charge in [0.25, 0.3) is 0 Å². The number of phenolic OH excluding ortho intramolecular Hbond substituents is 1. The molecule has 0 heterocycles. The monoisotopic (exact) mass is 456 g/mol. The Morgan fingerprint density at radius 2 is 1.00 bits per heavy atom. The molecule has 0 saturated carbocycles. The van der Waals surface area contributed by atoms with E-state index in [9.17, 15) is 5.11 Å². The molecule has 1 N–H and O–H groups in total. The summed E-state index contributed by atoms with van der Waals surface area (Å²) in [5, 5.41) is 11.3. The molecule has 3 rings (SSSR count). The lowest BCUT2D eigenvalue weighted by molar-refractivity contribution is 0.120. The molecule has 1 nitrogen and oxygen atoms in total. The Balaban J connectivity index is 2.23. The minimum absolute atomic E-state index is 0.226. The summed E-state index contributed by atoms with van der Waals surface area (Å²) in [6.07, 6.45) is 8.56. The van der Waals surface area contributed by atoms with Crippen molar-refractivity contribution in [1.29, 1.82) is 0 Å². The molecule has 0 aliphatic rings. The fourth-order valence-electron chi connectivity index (χ4n) is 6.42. The van der Waals surface area contributed by atoms with Crippen LogP contribution in [0.25, 0.3) is 0 Å². The smallest absolute Gasteiger partial charge is 0.119 e. The molecule has 1 heteroatoms. The first-order chi connectivity index (χ1) is 16.3. The number of aromatic hydroxyl groups is 1. The van der Waals surface area contributed by atoms with Gasteiger partial charge in [0.2, 0.25) is 0 Å². The minimum Gasteiger partial charge on any atom is -0.508 e. The van der Waals surface area contributed by atoms with Gasteiger partial charge in [0, 0.05) is 21.8 Å². The summed E-state index contributed by atoms with van der Waals surface area (Å²) >= 11 is 0. The fourth-order valence-corrected chi connectivity index (χ4v) is 6.42. The molecule has 0 atom stereocenters. The maximum atomic E-state index is 11.3. The van der Waals surface area contributed by atoms with Gasteiger partial charge >= 0.3 is 0 Å². The van der Waals surface area contributed by atoms with Crippen LogP contribution in [0.3, 0.4) is 0 Å². The molecule has 182 valence electrons. The largest absolute Gasteiger partial charge is 0.508 e. The van der Waals surface area contributed by atoms with Gasteiger partial charge in [-0.25, -0.2) is 0 Å². The third-order valence-electron chi connectivity index (χ3n) is 8.39. The highest BCUT2D eigenvalue weighted by Crippen LogP contribution is 2.59. The summed E-state index contributed by atoms with van der Waals surface area (Å²) in [4.78, 5) is 0. The van der Waals surface area contributed by atoms with Gasteiger partial charge in [-0.05, 0) is 23.6 Å². The molecular weight excluding hydrogens is 412 g/mol. The summed E-state index contributed by atoms with van der Waals surface area (Å²) in [6, 6.07) is 29.9. The second kappa shape index (κ2) is 11.3. The summed E-state index contributed by atoms with van der Waals surface area (Å²) in [5.74, 6) is 0.404. The minimum atomic E-state index is -0.321. The Morgan fingerprint density at radius 3 is 1.50 bits per heavy atom. The van der Waals surface area contributed by atoms with Crippen LogP contribution in [-0.2, 0) is 16.2 Å². The van der Waals surface area contributed by atoms with E-state index in [4.69, 9.17) is 0 Å². The first-order valence-corrected chi connectivity index (χ1v) is 13.2. The fraction of sp³-hybridized carbons (Fsp3) is 0.455. The second-order valence-electron chi connectivity index (χ2n) is 10.9. The van der Waals surface area contributed by atoms with E-state index in [1.165, 1.54) is 43.2 Å². The molecule has 0 radical (unpaired) electrons. The number of rotatable bonds is 12. The van der Waals surface area contributed by atoms with Crippen LogP contribution < -0.4 is 0 Å². The van der Waals surface area contributed by atoms with Gasteiger partial charge in [-0.3, -0.25) is 0 Å². The van der Waals surface area contributed by atoms with Gasteiger partial charge < -0.3 is 5.11 Å². The van der Waals surface area contributed by atoms with Gasteiger partial charge in [0.1, 0.15) is 5.75 Å². The maximum absolute atomic E-state index is 11.3. The first kappa shape index (κ1) is 26.1. The lowest BCUT2D eigenvalue weighted by atomic mass is 9.45. The Labute approximate surface area is 208 Å². The molecule has 34 heavy (non-hydrogen) atoms. The molecule has 3 aromatic carbocycles. The molecule has 0 unspecified atom stereocenters. The van der Waals surface area contributed by atoms with E-state index in [0.717, 1.165) is 18.4 Å². The quantitative estimate of drug-likeness (QED) is 0.269. The Bertz CT molecular complexity index is 949. The molecule has 0 amide bonds. The van der Waals surface area contributed by atoms with Gasteiger partial charge in [0.05, 0.1) is 0 Å². The average molecular weight is 457 g/mol. The molecule has 0 aromatic heterocycles. The van der Waals surface area contributed by atoms with Crippen molar-refractivity contribution in [2.75, 3.05) is 0 Å². The Hall–Kier alpha value is -2.54. The predicted molar refractivity (Wildman–Crippen MR) is 147 cm³/mol. The van der Waals surface area contributed by atoms with Gasteiger partial charge in [-0.2, -0.15) is 0 Å². The molecule has 0 aliphatic heterocycles. The van der Waals surface area contributed by atoms with E-state index in [1.807, 2.05) is 12.1 Å². The predicted octanol–water partition coefficient (Wildman–Crippen LogP) is 9.34. The molecule has 0 aliphatic carbocycles. The van der Waals surface area contributed by atoms with Crippen molar-refractivity contribution in [3.63, 3.8) is 0 Å². The van der Waals surface area contributed by atoms with Crippen LogP contribution in [0.2, 0.25) is 0 Å². The van der Waals surface area contributed by atoms with Crippen LogP contribution in [-0.4, -0.2) is 5.11 Å². The zero-order valence-electron chi connectivity index (χ0n) is 22.0. The Kier molecular flexibility index (Phi) is 8.63. The highest BCUT2D eigenvalue weighted by molar-refractivity contribution is 5.50. The van der Waals surface area contributed by atoms with E-state index in [1.54, 1.807) is 0 Å². The van der Waals surface area contributed by atoms with Crippen molar-refractivity contribution in [2.45, 2.75) is 95.8 Å². The van der Waals surface area contributed by atoms with Crippen molar-refractivity contribution >= 4 is 0 Å². The van der Waals surface area contributed by atoms with Crippen molar-refractivity contribution in [1.82, 2.24) is 0 Å². The number of para-hydroxylation sites is 1.